The van der Waals surface area contributed by atoms with Gasteiger partial charge in [-0.25, -0.2) is 8.42 Å². The Balaban J connectivity index is 1.70. The Morgan fingerprint density at radius 1 is 1.19 bits per heavy atom. The maximum atomic E-state index is 12.9. The molecule has 1 heterocycles. The van der Waals surface area contributed by atoms with Crippen LogP contribution in [-0.4, -0.2) is 31.3 Å². The molecule has 1 saturated heterocycles. The quantitative estimate of drug-likeness (QED) is 0.740. The van der Waals surface area contributed by atoms with Crippen LogP contribution in [0.1, 0.15) is 29.5 Å². The molecule has 7 heteroatoms. The van der Waals surface area contributed by atoms with E-state index in [1.807, 2.05) is 13.0 Å². The van der Waals surface area contributed by atoms with Crippen LogP contribution in [0.4, 0.5) is 0 Å². The molecule has 0 N–H and O–H groups in total. The molecule has 0 aromatic heterocycles. The van der Waals surface area contributed by atoms with Crippen molar-refractivity contribution in [2.24, 2.45) is 0 Å². The number of aryl methyl sites for hydroxylation is 1. The fourth-order valence-electron chi connectivity index (χ4n) is 3.04. The number of ether oxygens (including phenoxy) is 1. The summed E-state index contributed by atoms with van der Waals surface area (Å²) in [5, 5.41) is 8.81. The van der Waals surface area contributed by atoms with E-state index in [1.165, 1.54) is 4.31 Å². The summed E-state index contributed by atoms with van der Waals surface area (Å²) >= 11 is 0. The minimum atomic E-state index is -3.75. The molecule has 1 fully saturated rings. The van der Waals surface area contributed by atoms with Crippen molar-refractivity contribution in [2.45, 2.75) is 37.3 Å². The van der Waals surface area contributed by atoms with Gasteiger partial charge in [0.05, 0.1) is 16.5 Å². The fourth-order valence-corrected chi connectivity index (χ4v) is 4.68. The van der Waals surface area contributed by atoms with Crippen molar-refractivity contribution >= 4 is 16.0 Å². The fraction of sp³-hybridized carbons (Fsp3) is 0.300. The molecule has 0 bridgehead atoms. The van der Waals surface area contributed by atoms with Crippen LogP contribution >= 0.6 is 0 Å². The van der Waals surface area contributed by atoms with E-state index in [0.717, 1.165) is 11.1 Å². The third kappa shape index (κ3) is 4.18. The van der Waals surface area contributed by atoms with E-state index in [1.54, 1.807) is 48.5 Å². The molecule has 2 aromatic carbocycles. The second kappa shape index (κ2) is 7.91. The smallest absolute Gasteiger partial charge is 0.324 e. The number of hydrogen-bond donors (Lipinski definition) is 0. The van der Waals surface area contributed by atoms with E-state index in [9.17, 15) is 13.2 Å². The van der Waals surface area contributed by atoms with E-state index < -0.39 is 22.0 Å². The second-order valence-electron chi connectivity index (χ2n) is 6.50. The molecular weight excluding hydrogens is 364 g/mol. The summed E-state index contributed by atoms with van der Waals surface area (Å²) in [5.74, 6) is -0.549. The van der Waals surface area contributed by atoms with Gasteiger partial charge in [-0.15, -0.1) is 0 Å². The number of carbonyl (C=O) groups excluding carboxylic acids is 1. The molecule has 2 aromatic rings. The molecule has 3 rings (SSSR count). The summed E-state index contributed by atoms with van der Waals surface area (Å²) in [6, 6.07) is 14.5. The summed E-state index contributed by atoms with van der Waals surface area (Å²) in [5.41, 5.74) is 2.23. The number of rotatable bonds is 5. The van der Waals surface area contributed by atoms with Crippen molar-refractivity contribution in [3.05, 3.63) is 65.2 Å². The second-order valence-corrected chi connectivity index (χ2v) is 8.39. The molecule has 1 aliphatic heterocycles. The molecular formula is C20H20N2O4S. The zero-order valence-electron chi connectivity index (χ0n) is 15.0. The van der Waals surface area contributed by atoms with E-state index in [4.69, 9.17) is 10.00 Å². The average molecular weight is 384 g/mol. The first kappa shape index (κ1) is 19.1. The Bertz CT molecular complexity index is 961. The summed E-state index contributed by atoms with van der Waals surface area (Å²) in [6.45, 7) is 2.22. The van der Waals surface area contributed by atoms with Crippen LogP contribution in [0.25, 0.3) is 0 Å². The van der Waals surface area contributed by atoms with Crippen molar-refractivity contribution < 1.29 is 17.9 Å². The first-order chi connectivity index (χ1) is 12.9. The van der Waals surface area contributed by atoms with Gasteiger partial charge in [0.25, 0.3) is 0 Å². The lowest BCUT2D eigenvalue weighted by Crippen LogP contribution is -2.41. The summed E-state index contributed by atoms with van der Waals surface area (Å²) in [4.78, 5) is 12.7. The van der Waals surface area contributed by atoms with Crippen LogP contribution in [0, 0.1) is 18.3 Å². The molecule has 0 unspecified atom stereocenters. The standard InChI is InChI=1S/C20H20N2O4S/c1-15-4-10-18(11-5-15)27(24,25)22-12-2-3-19(22)20(23)26-14-17-8-6-16(13-21)7-9-17/h4-11,19H,2-3,12,14H2,1H3/t19-/m0/s1. The number of esters is 1. The Morgan fingerprint density at radius 2 is 1.85 bits per heavy atom. The predicted octanol–water partition coefficient (Wildman–Crippen LogP) is 2.76. The summed E-state index contributed by atoms with van der Waals surface area (Å²) < 4.78 is 32.4. The number of carbonyl (C=O) groups is 1. The molecule has 1 aliphatic rings. The molecule has 27 heavy (non-hydrogen) atoms. The van der Waals surface area contributed by atoms with Crippen molar-refractivity contribution in [3.63, 3.8) is 0 Å². The summed E-state index contributed by atoms with van der Waals surface area (Å²) in [7, 11) is -3.75. The molecule has 0 spiro atoms. The third-order valence-electron chi connectivity index (χ3n) is 4.57. The molecule has 140 valence electrons. The van der Waals surface area contributed by atoms with Gasteiger partial charge in [-0.1, -0.05) is 29.8 Å². The van der Waals surface area contributed by atoms with Gasteiger partial charge in [0.15, 0.2) is 0 Å². The Kier molecular flexibility index (Phi) is 5.59. The van der Waals surface area contributed by atoms with Crippen LogP contribution in [0.15, 0.2) is 53.4 Å². The number of benzene rings is 2. The van der Waals surface area contributed by atoms with Crippen LogP contribution in [0.5, 0.6) is 0 Å². The molecule has 0 radical (unpaired) electrons. The monoisotopic (exact) mass is 384 g/mol. The van der Waals surface area contributed by atoms with Gasteiger partial charge in [0.2, 0.25) is 10.0 Å². The highest BCUT2D eigenvalue weighted by Crippen LogP contribution is 2.27. The molecule has 1 atom stereocenters. The average Bonchev–Trinajstić information content (AvgIpc) is 3.18. The lowest BCUT2D eigenvalue weighted by atomic mass is 10.1. The van der Waals surface area contributed by atoms with Crippen molar-refractivity contribution in [1.29, 1.82) is 5.26 Å². The number of hydrogen-bond acceptors (Lipinski definition) is 5. The zero-order valence-corrected chi connectivity index (χ0v) is 15.8. The molecule has 0 saturated carbocycles. The van der Waals surface area contributed by atoms with Gasteiger partial charge in [-0.3, -0.25) is 4.79 Å². The minimum Gasteiger partial charge on any atom is -0.460 e. The number of nitrogens with zero attached hydrogens (tertiary/aromatic N) is 2. The van der Waals surface area contributed by atoms with E-state index in [2.05, 4.69) is 0 Å². The van der Waals surface area contributed by atoms with Crippen LogP contribution in [-0.2, 0) is 26.2 Å². The van der Waals surface area contributed by atoms with Crippen LogP contribution in [0.2, 0.25) is 0 Å². The van der Waals surface area contributed by atoms with Gasteiger partial charge < -0.3 is 4.74 Å². The van der Waals surface area contributed by atoms with Gasteiger partial charge in [-0.2, -0.15) is 9.57 Å². The van der Waals surface area contributed by atoms with Gasteiger partial charge in [0, 0.05) is 6.54 Å². The van der Waals surface area contributed by atoms with Crippen molar-refractivity contribution in [3.8, 4) is 6.07 Å². The van der Waals surface area contributed by atoms with Gasteiger partial charge in [0.1, 0.15) is 12.6 Å². The molecule has 6 nitrogen and oxygen atoms in total. The van der Waals surface area contributed by atoms with Crippen LogP contribution < -0.4 is 0 Å². The highest BCUT2D eigenvalue weighted by atomic mass is 32.2. The zero-order chi connectivity index (χ0) is 19.4. The SMILES string of the molecule is Cc1ccc(S(=O)(=O)N2CCC[C@H]2C(=O)OCc2ccc(C#N)cc2)cc1. The topological polar surface area (TPSA) is 87.5 Å². The highest BCUT2D eigenvalue weighted by Gasteiger charge is 2.40. The minimum absolute atomic E-state index is 0.0411. The predicted molar refractivity (Wildman–Crippen MR) is 99.0 cm³/mol. The van der Waals surface area contributed by atoms with Crippen molar-refractivity contribution in [1.82, 2.24) is 4.31 Å². The van der Waals surface area contributed by atoms with Crippen molar-refractivity contribution in [2.75, 3.05) is 6.54 Å². The largest absolute Gasteiger partial charge is 0.460 e. The Hall–Kier alpha value is -2.69. The third-order valence-corrected chi connectivity index (χ3v) is 6.49. The first-order valence-electron chi connectivity index (χ1n) is 8.66. The Labute approximate surface area is 159 Å². The maximum Gasteiger partial charge on any atom is 0.324 e. The first-order valence-corrected chi connectivity index (χ1v) is 10.1. The summed E-state index contributed by atoms with van der Waals surface area (Å²) in [6.07, 6.45) is 1.05. The lowest BCUT2D eigenvalue weighted by molar-refractivity contribution is -0.148. The van der Waals surface area contributed by atoms with Gasteiger partial charge >= 0.3 is 5.97 Å². The maximum absolute atomic E-state index is 12.9. The number of nitriles is 1. The van der Waals surface area contributed by atoms with Gasteiger partial charge in [-0.05, 0) is 49.6 Å². The molecule has 0 aliphatic carbocycles. The number of sulfonamides is 1. The van der Waals surface area contributed by atoms with E-state index in [0.29, 0.717) is 24.9 Å². The van der Waals surface area contributed by atoms with E-state index >= 15 is 0 Å². The normalized spacial score (nSPS) is 17.4. The Morgan fingerprint density at radius 3 is 2.48 bits per heavy atom. The van der Waals surface area contributed by atoms with Crippen LogP contribution in [0.3, 0.4) is 0 Å². The molecule has 0 amide bonds. The lowest BCUT2D eigenvalue weighted by Gasteiger charge is -2.22. The van der Waals surface area contributed by atoms with E-state index in [-0.39, 0.29) is 11.5 Å². The highest BCUT2D eigenvalue weighted by molar-refractivity contribution is 7.89.